The van der Waals surface area contributed by atoms with Gasteiger partial charge in [-0.05, 0) is 44.2 Å². The smallest absolute Gasteiger partial charge is 0.214 e. The van der Waals surface area contributed by atoms with Crippen molar-refractivity contribution < 1.29 is 8.42 Å². The number of hydrogen-bond donors (Lipinski definition) is 1. The van der Waals surface area contributed by atoms with E-state index in [9.17, 15) is 8.42 Å². The molecule has 1 fully saturated rings. The predicted octanol–water partition coefficient (Wildman–Crippen LogP) is 2.23. The van der Waals surface area contributed by atoms with Gasteiger partial charge in [-0.3, -0.25) is 4.68 Å². The lowest BCUT2D eigenvalue weighted by atomic mass is 10.2. The van der Waals surface area contributed by atoms with Gasteiger partial charge >= 0.3 is 0 Å². The molecule has 114 valence electrons. The Morgan fingerprint density at radius 1 is 1.48 bits per heavy atom. The zero-order valence-corrected chi connectivity index (χ0v) is 13.7. The summed E-state index contributed by atoms with van der Waals surface area (Å²) >= 11 is 1.62. The third kappa shape index (κ3) is 3.20. The maximum Gasteiger partial charge on any atom is 0.214 e. The fourth-order valence-electron chi connectivity index (χ4n) is 2.44. The molecule has 0 aromatic carbocycles. The monoisotopic (exact) mass is 325 g/mol. The summed E-state index contributed by atoms with van der Waals surface area (Å²) in [6.07, 6.45) is 1.55. The molecule has 1 aliphatic rings. The number of sulfonamides is 1. The molecule has 3 rings (SSSR count). The lowest BCUT2D eigenvalue weighted by molar-refractivity contribution is 0.499. The van der Waals surface area contributed by atoms with Crippen LogP contribution in [0, 0.1) is 13.8 Å². The predicted molar refractivity (Wildman–Crippen MR) is 84.1 cm³/mol. The molecule has 0 saturated heterocycles. The molecule has 1 atom stereocenters. The van der Waals surface area contributed by atoms with Crippen LogP contribution in [0.25, 0.3) is 0 Å². The van der Waals surface area contributed by atoms with Crippen molar-refractivity contribution in [3.63, 3.8) is 0 Å². The van der Waals surface area contributed by atoms with E-state index in [0.717, 1.165) is 29.1 Å². The third-order valence-corrected chi connectivity index (χ3v) is 6.54. The third-order valence-electron chi connectivity index (χ3n) is 3.65. The fraction of sp³-hybridized carbons (Fsp3) is 0.500. The van der Waals surface area contributed by atoms with Crippen LogP contribution < -0.4 is 4.72 Å². The first-order valence-electron chi connectivity index (χ1n) is 7.02. The number of hydrogen-bond acceptors (Lipinski definition) is 4. The first-order valence-corrected chi connectivity index (χ1v) is 9.44. The van der Waals surface area contributed by atoms with Crippen LogP contribution in [0.1, 0.15) is 35.1 Å². The Balaban J connectivity index is 1.85. The highest BCUT2D eigenvalue weighted by Gasteiger charge is 2.36. The molecule has 2 aromatic rings. The van der Waals surface area contributed by atoms with E-state index in [1.165, 1.54) is 0 Å². The quantitative estimate of drug-likeness (QED) is 0.886. The van der Waals surface area contributed by atoms with Gasteiger partial charge in [-0.15, -0.1) is 11.3 Å². The molecule has 1 saturated carbocycles. The van der Waals surface area contributed by atoms with Crippen LogP contribution in [0.3, 0.4) is 0 Å². The Hall–Kier alpha value is -1.18. The molecular formula is C14H19N3O2S2. The number of aryl methyl sites for hydroxylation is 2. The van der Waals surface area contributed by atoms with Crippen molar-refractivity contribution >= 4 is 21.4 Å². The number of rotatable bonds is 6. The maximum absolute atomic E-state index is 12.1. The van der Waals surface area contributed by atoms with E-state index in [-0.39, 0.29) is 11.3 Å². The highest BCUT2D eigenvalue weighted by Crippen LogP contribution is 2.29. The largest absolute Gasteiger partial charge is 0.260 e. The summed E-state index contributed by atoms with van der Waals surface area (Å²) in [5.74, 6) is 0. The van der Waals surface area contributed by atoms with E-state index in [2.05, 4.69) is 9.82 Å². The zero-order chi connectivity index (χ0) is 15.0. The molecule has 2 heterocycles. The Labute approximate surface area is 129 Å². The van der Waals surface area contributed by atoms with Crippen molar-refractivity contribution in [2.75, 3.05) is 6.54 Å². The highest BCUT2D eigenvalue weighted by molar-refractivity contribution is 7.90. The van der Waals surface area contributed by atoms with Crippen LogP contribution in [0.5, 0.6) is 0 Å². The molecule has 1 unspecified atom stereocenters. The van der Waals surface area contributed by atoms with Gasteiger partial charge < -0.3 is 0 Å². The summed E-state index contributed by atoms with van der Waals surface area (Å²) in [5, 5.41) is 6.33. The van der Waals surface area contributed by atoms with Gasteiger partial charge in [0.25, 0.3) is 0 Å². The van der Waals surface area contributed by atoms with E-state index in [1.807, 2.05) is 42.1 Å². The molecule has 1 N–H and O–H groups in total. The van der Waals surface area contributed by atoms with Crippen LogP contribution in [-0.2, 0) is 10.0 Å². The van der Waals surface area contributed by atoms with Crippen molar-refractivity contribution in [1.82, 2.24) is 14.5 Å². The maximum atomic E-state index is 12.1. The molecule has 0 spiro atoms. The lowest BCUT2D eigenvalue weighted by Gasteiger charge is -2.19. The first-order chi connectivity index (χ1) is 9.97. The van der Waals surface area contributed by atoms with Gasteiger partial charge in [0.2, 0.25) is 10.0 Å². The number of nitrogens with one attached hydrogen (secondary N) is 1. The normalized spacial score (nSPS) is 17.0. The summed E-state index contributed by atoms with van der Waals surface area (Å²) in [4.78, 5) is 1.11. The van der Waals surface area contributed by atoms with Gasteiger partial charge in [0.05, 0.1) is 17.0 Å². The van der Waals surface area contributed by atoms with Crippen molar-refractivity contribution in [1.29, 1.82) is 0 Å². The Morgan fingerprint density at radius 2 is 2.24 bits per heavy atom. The average molecular weight is 325 g/mol. The fourth-order valence-corrected chi connectivity index (χ4v) is 4.64. The van der Waals surface area contributed by atoms with Crippen LogP contribution >= 0.6 is 11.3 Å². The molecular weight excluding hydrogens is 306 g/mol. The second-order valence-corrected chi connectivity index (χ2v) is 8.52. The average Bonchev–Trinajstić information content (AvgIpc) is 3.06. The minimum Gasteiger partial charge on any atom is -0.260 e. The van der Waals surface area contributed by atoms with Gasteiger partial charge in [0.1, 0.15) is 0 Å². The van der Waals surface area contributed by atoms with E-state index in [0.29, 0.717) is 6.54 Å². The second kappa shape index (κ2) is 5.55. The van der Waals surface area contributed by atoms with Crippen molar-refractivity contribution in [3.8, 4) is 0 Å². The van der Waals surface area contributed by atoms with Gasteiger partial charge in [-0.25, -0.2) is 13.1 Å². The Kier molecular flexibility index (Phi) is 3.90. The van der Waals surface area contributed by atoms with Gasteiger partial charge in [-0.1, -0.05) is 6.07 Å². The van der Waals surface area contributed by atoms with Crippen molar-refractivity contribution in [2.45, 2.75) is 38.0 Å². The molecule has 1 aliphatic carbocycles. The van der Waals surface area contributed by atoms with Crippen molar-refractivity contribution in [2.24, 2.45) is 0 Å². The molecule has 21 heavy (non-hydrogen) atoms. The topological polar surface area (TPSA) is 64.0 Å². The minimum atomic E-state index is -3.17. The number of nitrogens with zero attached hydrogens (tertiary/aromatic N) is 2. The summed E-state index contributed by atoms with van der Waals surface area (Å²) in [7, 11) is -3.17. The van der Waals surface area contributed by atoms with E-state index in [4.69, 9.17) is 0 Å². The molecule has 0 aliphatic heterocycles. The zero-order valence-electron chi connectivity index (χ0n) is 12.1. The minimum absolute atomic E-state index is 0.0905. The molecule has 2 aromatic heterocycles. The molecule has 0 radical (unpaired) electrons. The van der Waals surface area contributed by atoms with Crippen LogP contribution in [0.15, 0.2) is 23.6 Å². The molecule has 0 bridgehead atoms. The molecule has 5 nitrogen and oxygen atoms in total. The Bertz CT molecular complexity index is 715. The molecule has 0 amide bonds. The standard InChI is InChI=1S/C14H19N3O2S2/c1-10-8-11(2)17(16-10)13(14-4-3-7-20-14)9-15-21(18,19)12-5-6-12/h3-4,7-8,12-13,15H,5-6,9H2,1-2H3. The SMILES string of the molecule is Cc1cc(C)n(C(CNS(=O)(=O)C2CC2)c2cccs2)n1. The van der Waals surface area contributed by atoms with E-state index < -0.39 is 10.0 Å². The summed E-state index contributed by atoms with van der Waals surface area (Å²) < 4.78 is 28.8. The second-order valence-electron chi connectivity index (χ2n) is 5.50. The number of aromatic nitrogens is 2. The van der Waals surface area contributed by atoms with E-state index >= 15 is 0 Å². The van der Waals surface area contributed by atoms with Crippen molar-refractivity contribution in [3.05, 3.63) is 39.8 Å². The van der Waals surface area contributed by atoms with Gasteiger partial charge in [0.15, 0.2) is 0 Å². The van der Waals surface area contributed by atoms with Gasteiger partial charge in [0, 0.05) is 17.1 Å². The van der Waals surface area contributed by atoms with Crippen LogP contribution in [0.2, 0.25) is 0 Å². The summed E-state index contributed by atoms with van der Waals surface area (Å²) in [6.45, 7) is 4.29. The lowest BCUT2D eigenvalue weighted by Crippen LogP contribution is -2.34. The highest BCUT2D eigenvalue weighted by atomic mass is 32.2. The summed E-state index contributed by atoms with van der Waals surface area (Å²) in [5.41, 5.74) is 1.98. The van der Waals surface area contributed by atoms with Crippen LogP contribution in [-0.4, -0.2) is 30.0 Å². The number of thiophene rings is 1. The molecule has 7 heteroatoms. The summed E-state index contributed by atoms with van der Waals surface area (Å²) in [6, 6.07) is 5.92. The van der Waals surface area contributed by atoms with Crippen LogP contribution in [0.4, 0.5) is 0 Å². The van der Waals surface area contributed by atoms with Gasteiger partial charge in [-0.2, -0.15) is 5.10 Å². The Morgan fingerprint density at radius 3 is 2.76 bits per heavy atom. The van der Waals surface area contributed by atoms with E-state index in [1.54, 1.807) is 11.3 Å². The first kappa shape index (κ1) is 14.7.